The van der Waals surface area contributed by atoms with Crippen LogP contribution < -0.4 is 9.47 Å². The predicted octanol–water partition coefficient (Wildman–Crippen LogP) is 1.86. The number of aryl methyl sites for hydroxylation is 1. The van der Waals surface area contributed by atoms with Gasteiger partial charge in [0.15, 0.2) is 11.6 Å². The number of benzene rings is 1. The molecule has 1 aromatic carbocycles. The van der Waals surface area contributed by atoms with Gasteiger partial charge in [-0.1, -0.05) is 0 Å². The van der Waals surface area contributed by atoms with Crippen molar-refractivity contribution in [1.82, 2.24) is 0 Å². The van der Waals surface area contributed by atoms with Gasteiger partial charge in [-0.15, -0.1) is 0 Å². The number of ether oxygens (including phenoxy) is 2. The number of rotatable bonds is 2. The second kappa shape index (κ2) is 3.51. The van der Waals surface area contributed by atoms with Crippen LogP contribution in [-0.4, -0.2) is 19.3 Å². The van der Waals surface area contributed by atoms with E-state index in [1.807, 2.05) is 0 Å². The minimum atomic E-state index is -0.547. The number of phenolic OH excluding ortho intramolecular Hbond substituents is 1. The number of hydrogen-bond donors (Lipinski definition) is 1. The summed E-state index contributed by atoms with van der Waals surface area (Å²) in [6, 6.07) is 1.19. The minimum Gasteiger partial charge on any atom is -0.504 e. The Hall–Kier alpha value is -1.45. The van der Waals surface area contributed by atoms with E-state index in [4.69, 9.17) is 9.47 Å². The van der Waals surface area contributed by atoms with Gasteiger partial charge < -0.3 is 14.6 Å². The fraction of sp³-hybridized carbons (Fsp3) is 0.333. The molecule has 0 aliphatic rings. The lowest BCUT2D eigenvalue weighted by molar-refractivity contribution is 0.318. The molecule has 0 aliphatic carbocycles. The van der Waals surface area contributed by atoms with E-state index in [0.717, 1.165) is 0 Å². The molecule has 72 valence electrons. The minimum absolute atomic E-state index is 0.0278. The summed E-state index contributed by atoms with van der Waals surface area (Å²) in [4.78, 5) is 0. The van der Waals surface area contributed by atoms with Crippen molar-refractivity contribution in [3.63, 3.8) is 0 Å². The highest BCUT2D eigenvalue weighted by molar-refractivity contribution is 5.55. The summed E-state index contributed by atoms with van der Waals surface area (Å²) in [7, 11) is 2.66. The Morgan fingerprint density at radius 3 is 2.23 bits per heavy atom. The molecule has 0 saturated heterocycles. The van der Waals surface area contributed by atoms with Gasteiger partial charge in [-0.25, -0.2) is 4.39 Å². The molecule has 0 saturated carbocycles. The first-order valence-electron chi connectivity index (χ1n) is 3.71. The summed E-state index contributed by atoms with van der Waals surface area (Å²) in [5, 5.41) is 9.46. The molecule has 0 heterocycles. The highest BCUT2D eigenvalue weighted by Crippen LogP contribution is 2.40. The van der Waals surface area contributed by atoms with Gasteiger partial charge in [0.2, 0.25) is 11.5 Å². The molecular weight excluding hydrogens is 175 g/mol. The van der Waals surface area contributed by atoms with Gasteiger partial charge in [0.1, 0.15) is 0 Å². The Balaban J connectivity index is 3.41. The number of phenols is 1. The van der Waals surface area contributed by atoms with Gasteiger partial charge in [0, 0.05) is 0 Å². The lowest BCUT2D eigenvalue weighted by Crippen LogP contribution is -1.95. The molecule has 0 atom stereocenters. The van der Waals surface area contributed by atoms with Crippen LogP contribution in [0.25, 0.3) is 0 Å². The maximum Gasteiger partial charge on any atom is 0.206 e. The average molecular weight is 186 g/mol. The molecular formula is C9H11FO3. The van der Waals surface area contributed by atoms with Crippen molar-refractivity contribution in [1.29, 1.82) is 0 Å². The lowest BCUT2D eigenvalue weighted by Gasteiger charge is -2.11. The van der Waals surface area contributed by atoms with Crippen LogP contribution in [-0.2, 0) is 0 Å². The molecule has 4 heteroatoms. The summed E-state index contributed by atoms with van der Waals surface area (Å²) < 4.78 is 22.7. The molecule has 0 aromatic heterocycles. The van der Waals surface area contributed by atoms with Crippen LogP contribution in [0.4, 0.5) is 4.39 Å². The third kappa shape index (κ3) is 1.52. The molecule has 1 N–H and O–H groups in total. The SMILES string of the molecule is COc1c(F)cc(C)c(O)c1OC. The third-order valence-corrected chi connectivity index (χ3v) is 1.76. The van der Waals surface area contributed by atoms with Gasteiger partial charge in [-0.05, 0) is 18.6 Å². The van der Waals surface area contributed by atoms with E-state index < -0.39 is 5.82 Å². The molecule has 13 heavy (non-hydrogen) atoms. The molecule has 1 rings (SSSR count). The highest BCUT2D eigenvalue weighted by Gasteiger charge is 2.16. The van der Waals surface area contributed by atoms with Crippen molar-refractivity contribution in [2.75, 3.05) is 14.2 Å². The van der Waals surface area contributed by atoms with Gasteiger partial charge in [-0.3, -0.25) is 0 Å². The van der Waals surface area contributed by atoms with Crippen molar-refractivity contribution in [3.8, 4) is 17.2 Å². The Kier molecular flexibility index (Phi) is 2.60. The third-order valence-electron chi connectivity index (χ3n) is 1.76. The Labute approximate surface area is 75.7 Å². The monoisotopic (exact) mass is 186 g/mol. The summed E-state index contributed by atoms with van der Waals surface area (Å²) in [5.74, 6) is -0.694. The fourth-order valence-corrected chi connectivity index (χ4v) is 1.10. The molecule has 0 spiro atoms. The highest BCUT2D eigenvalue weighted by atomic mass is 19.1. The van der Waals surface area contributed by atoms with Crippen LogP contribution in [0.3, 0.4) is 0 Å². The summed E-state index contributed by atoms with van der Waals surface area (Å²) in [6.45, 7) is 1.58. The van der Waals surface area contributed by atoms with E-state index >= 15 is 0 Å². The first-order valence-corrected chi connectivity index (χ1v) is 3.71. The zero-order valence-corrected chi connectivity index (χ0v) is 7.72. The fourth-order valence-electron chi connectivity index (χ4n) is 1.10. The lowest BCUT2D eigenvalue weighted by atomic mass is 10.2. The topological polar surface area (TPSA) is 38.7 Å². The molecule has 0 amide bonds. The summed E-state index contributed by atoms with van der Waals surface area (Å²) in [6.07, 6.45) is 0. The van der Waals surface area contributed by atoms with E-state index in [0.29, 0.717) is 5.56 Å². The Morgan fingerprint density at radius 2 is 1.77 bits per heavy atom. The molecule has 0 fully saturated rings. The van der Waals surface area contributed by atoms with Crippen LogP contribution in [0, 0.1) is 12.7 Å². The predicted molar refractivity (Wildman–Crippen MR) is 45.9 cm³/mol. The van der Waals surface area contributed by atoms with Crippen molar-refractivity contribution < 1.29 is 19.0 Å². The molecule has 1 aromatic rings. The molecule has 0 radical (unpaired) electrons. The maximum atomic E-state index is 13.2. The van der Waals surface area contributed by atoms with E-state index in [1.165, 1.54) is 20.3 Å². The van der Waals surface area contributed by atoms with Gasteiger partial charge in [-0.2, -0.15) is 0 Å². The Bertz CT molecular complexity index is 323. The maximum absolute atomic E-state index is 13.2. The second-order valence-electron chi connectivity index (χ2n) is 2.59. The van der Waals surface area contributed by atoms with E-state index in [-0.39, 0.29) is 17.2 Å². The number of aromatic hydroxyl groups is 1. The average Bonchev–Trinajstić information content (AvgIpc) is 2.10. The van der Waals surface area contributed by atoms with Crippen molar-refractivity contribution in [2.24, 2.45) is 0 Å². The number of hydrogen-bond acceptors (Lipinski definition) is 3. The van der Waals surface area contributed by atoms with Gasteiger partial charge in [0.25, 0.3) is 0 Å². The smallest absolute Gasteiger partial charge is 0.206 e. The Morgan fingerprint density at radius 1 is 1.23 bits per heavy atom. The quantitative estimate of drug-likeness (QED) is 0.766. The van der Waals surface area contributed by atoms with Crippen LogP contribution in [0.5, 0.6) is 17.2 Å². The van der Waals surface area contributed by atoms with Crippen LogP contribution in [0.1, 0.15) is 5.56 Å². The van der Waals surface area contributed by atoms with E-state index in [2.05, 4.69) is 0 Å². The molecule has 0 bridgehead atoms. The van der Waals surface area contributed by atoms with Crippen molar-refractivity contribution in [2.45, 2.75) is 6.92 Å². The standard InChI is InChI=1S/C9H11FO3/c1-5-4-6(10)8(12-2)9(13-3)7(5)11/h4,11H,1-3H3. The van der Waals surface area contributed by atoms with Crippen molar-refractivity contribution >= 4 is 0 Å². The molecule has 3 nitrogen and oxygen atoms in total. The van der Waals surface area contributed by atoms with Crippen LogP contribution in [0.15, 0.2) is 6.07 Å². The van der Waals surface area contributed by atoms with Gasteiger partial charge in [0.05, 0.1) is 14.2 Å². The van der Waals surface area contributed by atoms with Crippen molar-refractivity contribution in [3.05, 3.63) is 17.4 Å². The summed E-state index contributed by atoms with van der Waals surface area (Å²) >= 11 is 0. The summed E-state index contributed by atoms with van der Waals surface area (Å²) in [5.41, 5.74) is 0.412. The van der Waals surface area contributed by atoms with E-state index in [9.17, 15) is 9.50 Å². The molecule has 0 aliphatic heterocycles. The second-order valence-corrected chi connectivity index (χ2v) is 2.59. The number of methoxy groups -OCH3 is 2. The zero-order chi connectivity index (χ0) is 10.0. The first-order chi connectivity index (χ1) is 6.11. The first kappa shape index (κ1) is 9.64. The normalized spacial score (nSPS) is 9.85. The van der Waals surface area contributed by atoms with E-state index in [1.54, 1.807) is 6.92 Å². The van der Waals surface area contributed by atoms with Crippen LogP contribution in [0.2, 0.25) is 0 Å². The largest absolute Gasteiger partial charge is 0.504 e. The molecule has 0 unspecified atom stereocenters. The zero-order valence-electron chi connectivity index (χ0n) is 7.72. The van der Waals surface area contributed by atoms with Crippen LogP contribution >= 0.6 is 0 Å². The number of halogens is 1. The van der Waals surface area contributed by atoms with Gasteiger partial charge >= 0.3 is 0 Å².